The van der Waals surface area contributed by atoms with Gasteiger partial charge in [0.15, 0.2) is 0 Å². The Labute approximate surface area is 197 Å². The van der Waals surface area contributed by atoms with E-state index in [9.17, 15) is 4.79 Å². The number of anilines is 1. The highest BCUT2D eigenvalue weighted by Gasteiger charge is 2.31. The van der Waals surface area contributed by atoms with Crippen molar-refractivity contribution in [3.8, 4) is 0 Å². The number of amides is 1. The fourth-order valence-corrected chi connectivity index (χ4v) is 4.35. The summed E-state index contributed by atoms with van der Waals surface area (Å²) in [5.74, 6) is 1.00. The predicted molar refractivity (Wildman–Crippen MR) is 130 cm³/mol. The van der Waals surface area contributed by atoms with Gasteiger partial charge < -0.3 is 19.7 Å². The molecule has 9 heteroatoms. The Balaban J connectivity index is 0.00000171. The minimum Gasteiger partial charge on any atom is -0.369 e. The molecule has 2 aliphatic rings. The lowest BCUT2D eigenvalue weighted by Crippen LogP contribution is -2.49. The maximum atomic E-state index is 13.3. The summed E-state index contributed by atoms with van der Waals surface area (Å²) in [5.41, 5.74) is 1.95. The van der Waals surface area contributed by atoms with Gasteiger partial charge >= 0.3 is 0 Å². The van der Waals surface area contributed by atoms with E-state index in [4.69, 9.17) is 0 Å². The first-order valence-electron chi connectivity index (χ1n) is 10.6. The number of carbonyl (C=O) groups is 1. The van der Waals surface area contributed by atoms with E-state index in [1.807, 2.05) is 34.8 Å². The SMILES string of the molecule is CC(C)N1CCN(c2ccc(C(=O)N3CCNCC3c3nccn3C)cc2)CC1.Cl.Cl. The number of hydrogen-bond donors (Lipinski definition) is 1. The van der Waals surface area contributed by atoms with E-state index in [2.05, 4.69) is 46.1 Å². The summed E-state index contributed by atoms with van der Waals surface area (Å²) in [7, 11) is 1.98. The van der Waals surface area contributed by atoms with Gasteiger partial charge in [-0.25, -0.2) is 4.98 Å². The fraction of sp³-hybridized carbons (Fsp3) is 0.545. The highest BCUT2D eigenvalue weighted by atomic mass is 35.5. The molecule has 172 valence electrons. The average molecular weight is 469 g/mol. The lowest BCUT2D eigenvalue weighted by Gasteiger charge is -2.38. The predicted octanol–water partition coefficient (Wildman–Crippen LogP) is 2.58. The van der Waals surface area contributed by atoms with Gasteiger partial charge in [-0.3, -0.25) is 9.69 Å². The van der Waals surface area contributed by atoms with Gasteiger partial charge in [-0.15, -0.1) is 24.8 Å². The minimum atomic E-state index is -0.0416. The zero-order chi connectivity index (χ0) is 20.4. The molecule has 0 bridgehead atoms. The van der Waals surface area contributed by atoms with Crippen molar-refractivity contribution in [2.24, 2.45) is 7.05 Å². The molecule has 3 heterocycles. The van der Waals surface area contributed by atoms with Crippen molar-refractivity contribution >= 4 is 36.4 Å². The largest absolute Gasteiger partial charge is 0.369 e. The zero-order valence-electron chi connectivity index (χ0n) is 18.5. The molecule has 0 aliphatic carbocycles. The Morgan fingerprint density at radius 1 is 1.06 bits per heavy atom. The second kappa shape index (κ2) is 11.2. The number of aryl methyl sites for hydroxylation is 1. The summed E-state index contributed by atoms with van der Waals surface area (Å²) in [6.07, 6.45) is 3.72. The van der Waals surface area contributed by atoms with Crippen LogP contribution in [0.5, 0.6) is 0 Å². The molecule has 1 unspecified atom stereocenters. The van der Waals surface area contributed by atoms with Gasteiger partial charge in [-0.1, -0.05) is 0 Å². The number of halogens is 2. The average Bonchev–Trinajstić information content (AvgIpc) is 3.19. The normalized spacial score (nSPS) is 19.7. The maximum Gasteiger partial charge on any atom is 0.254 e. The molecule has 7 nitrogen and oxygen atoms in total. The molecular weight excluding hydrogens is 435 g/mol. The minimum absolute atomic E-state index is 0. The first kappa shape index (κ1) is 25.5. The topological polar surface area (TPSA) is 56.6 Å². The van der Waals surface area contributed by atoms with Crippen LogP contribution in [0.4, 0.5) is 5.69 Å². The molecule has 2 aliphatic heterocycles. The summed E-state index contributed by atoms with van der Waals surface area (Å²) in [6.45, 7) is 11.0. The second-order valence-corrected chi connectivity index (χ2v) is 8.28. The van der Waals surface area contributed by atoms with E-state index < -0.39 is 0 Å². The molecule has 0 saturated carbocycles. The van der Waals surface area contributed by atoms with Crippen molar-refractivity contribution in [2.75, 3.05) is 50.7 Å². The van der Waals surface area contributed by atoms with Crippen LogP contribution in [0.3, 0.4) is 0 Å². The van der Waals surface area contributed by atoms with Crippen LogP contribution in [0.2, 0.25) is 0 Å². The molecule has 1 aromatic heterocycles. The molecule has 2 saturated heterocycles. The molecule has 0 spiro atoms. The Bertz CT molecular complexity index is 833. The van der Waals surface area contributed by atoms with Crippen molar-refractivity contribution in [3.63, 3.8) is 0 Å². The highest BCUT2D eigenvalue weighted by molar-refractivity contribution is 5.95. The number of rotatable bonds is 4. The molecule has 31 heavy (non-hydrogen) atoms. The van der Waals surface area contributed by atoms with Crippen LogP contribution in [0.1, 0.15) is 36.1 Å². The van der Waals surface area contributed by atoms with Crippen molar-refractivity contribution in [2.45, 2.75) is 25.9 Å². The zero-order valence-corrected chi connectivity index (χ0v) is 20.2. The summed E-state index contributed by atoms with van der Waals surface area (Å²) < 4.78 is 2.00. The van der Waals surface area contributed by atoms with E-state index in [0.717, 1.165) is 50.7 Å². The Morgan fingerprint density at radius 3 is 2.32 bits per heavy atom. The molecule has 2 aromatic rings. The fourth-order valence-electron chi connectivity index (χ4n) is 4.35. The molecule has 1 aromatic carbocycles. The summed E-state index contributed by atoms with van der Waals surface area (Å²) in [5, 5.41) is 3.39. The first-order chi connectivity index (χ1) is 14.0. The molecular formula is C22H34Cl2N6O. The van der Waals surface area contributed by atoms with Gasteiger partial charge in [-0.2, -0.15) is 0 Å². The van der Waals surface area contributed by atoms with E-state index in [1.54, 1.807) is 6.20 Å². The van der Waals surface area contributed by atoms with Crippen LogP contribution in [0, 0.1) is 0 Å². The van der Waals surface area contributed by atoms with Gasteiger partial charge in [0.25, 0.3) is 5.91 Å². The number of aromatic nitrogens is 2. The number of piperazine rings is 2. The van der Waals surface area contributed by atoms with Crippen LogP contribution in [0.15, 0.2) is 36.7 Å². The molecule has 1 N–H and O–H groups in total. The summed E-state index contributed by atoms with van der Waals surface area (Å²) in [6, 6.07) is 8.70. The number of carbonyl (C=O) groups excluding carboxylic acids is 1. The smallest absolute Gasteiger partial charge is 0.254 e. The Hall–Kier alpha value is -1.80. The van der Waals surface area contributed by atoms with Crippen molar-refractivity contribution in [1.82, 2.24) is 24.7 Å². The number of hydrogen-bond acceptors (Lipinski definition) is 5. The molecule has 1 atom stereocenters. The van der Waals surface area contributed by atoms with Crippen LogP contribution in [-0.4, -0.2) is 77.1 Å². The third-order valence-corrected chi connectivity index (χ3v) is 6.18. The van der Waals surface area contributed by atoms with Gasteiger partial charge in [0.05, 0.1) is 0 Å². The summed E-state index contributed by atoms with van der Waals surface area (Å²) in [4.78, 5) is 24.6. The lowest BCUT2D eigenvalue weighted by molar-refractivity contribution is 0.0621. The quantitative estimate of drug-likeness (QED) is 0.746. The van der Waals surface area contributed by atoms with Gasteiger partial charge in [0.2, 0.25) is 0 Å². The third kappa shape index (κ3) is 5.52. The highest BCUT2D eigenvalue weighted by Crippen LogP contribution is 2.24. The Morgan fingerprint density at radius 2 is 1.74 bits per heavy atom. The lowest BCUT2D eigenvalue weighted by atomic mass is 10.1. The maximum absolute atomic E-state index is 13.3. The monoisotopic (exact) mass is 468 g/mol. The molecule has 2 fully saturated rings. The van der Waals surface area contributed by atoms with Crippen molar-refractivity contribution in [1.29, 1.82) is 0 Å². The van der Waals surface area contributed by atoms with Crippen molar-refractivity contribution < 1.29 is 4.79 Å². The number of imidazole rings is 1. The Kier molecular flexibility index (Phi) is 9.18. The third-order valence-electron chi connectivity index (χ3n) is 6.18. The standard InChI is InChI=1S/C22H32N6O.2ClH/c1-17(2)26-12-14-27(15-13-26)19-6-4-18(5-7-19)22(29)28-11-8-23-16-20(28)21-24-9-10-25(21)3;;/h4-7,9-10,17,20,23H,8,11-16H2,1-3H3;2*1H. The first-order valence-corrected chi connectivity index (χ1v) is 10.6. The van der Waals surface area contributed by atoms with Crippen LogP contribution >= 0.6 is 24.8 Å². The van der Waals surface area contributed by atoms with Gasteiger partial charge in [0.1, 0.15) is 11.9 Å². The van der Waals surface area contributed by atoms with Crippen LogP contribution in [0.25, 0.3) is 0 Å². The van der Waals surface area contributed by atoms with Gasteiger partial charge in [-0.05, 0) is 38.1 Å². The van der Waals surface area contributed by atoms with E-state index in [1.165, 1.54) is 5.69 Å². The van der Waals surface area contributed by atoms with Gasteiger partial charge in [0, 0.05) is 82.5 Å². The van der Waals surface area contributed by atoms with E-state index >= 15 is 0 Å². The second-order valence-electron chi connectivity index (χ2n) is 8.28. The van der Waals surface area contributed by atoms with E-state index in [-0.39, 0.29) is 36.8 Å². The van der Waals surface area contributed by atoms with Crippen LogP contribution < -0.4 is 10.2 Å². The van der Waals surface area contributed by atoms with Crippen molar-refractivity contribution in [3.05, 3.63) is 48.0 Å². The van der Waals surface area contributed by atoms with Crippen LogP contribution in [-0.2, 0) is 7.05 Å². The number of nitrogens with zero attached hydrogens (tertiary/aromatic N) is 5. The molecule has 4 rings (SSSR count). The number of benzene rings is 1. The molecule has 1 amide bonds. The van der Waals surface area contributed by atoms with E-state index in [0.29, 0.717) is 12.6 Å². The number of nitrogens with one attached hydrogen (secondary N) is 1. The summed E-state index contributed by atoms with van der Waals surface area (Å²) >= 11 is 0. The molecule has 0 radical (unpaired) electrons.